The average Bonchev–Trinajstić information content (AvgIpc) is 1.89. The van der Waals surface area contributed by atoms with Crippen molar-refractivity contribution in [3.05, 3.63) is 12.2 Å². The Morgan fingerprint density at radius 1 is 1.78 bits per heavy atom. The van der Waals surface area contributed by atoms with Crippen molar-refractivity contribution in [3.63, 3.8) is 0 Å². The molecule has 0 aliphatic rings. The first-order valence-electron chi connectivity index (χ1n) is 2.98. The maximum Gasteiger partial charge on any atom is 0.230 e. The summed E-state index contributed by atoms with van der Waals surface area (Å²) in [4.78, 5) is 10.4. The molecule has 0 saturated heterocycles. The van der Waals surface area contributed by atoms with Crippen LogP contribution in [0.5, 0.6) is 0 Å². The highest BCUT2D eigenvalue weighted by Gasteiger charge is 1.84. The summed E-state index contributed by atoms with van der Waals surface area (Å²) in [5.41, 5.74) is 0. The van der Waals surface area contributed by atoms with Gasteiger partial charge in [-0.05, 0) is 12.5 Å². The highest BCUT2D eigenvalue weighted by molar-refractivity contribution is 6.16. The highest BCUT2D eigenvalue weighted by Crippen LogP contribution is 1.86. The zero-order valence-corrected chi connectivity index (χ0v) is 5.55. The van der Waals surface area contributed by atoms with E-state index in [9.17, 15) is 4.79 Å². The minimum Gasteiger partial charge on any atom is -0.406 e. The van der Waals surface area contributed by atoms with Gasteiger partial charge in [0.15, 0.2) is 0 Å². The van der Waals surface area contributed by atoms with Gasteiger partial charge in [0.25, 0.3) is 0 Å². The van der Waals surface area contributed by atoms with Crippen LogP contribution in [0.3, 0.4) is 0 Å². The van der Waals surface area contributed by atoms with Gasteiger partial charge in [-0.2, -0.15) is 0 Å². The van der Waals surface area contributed by atoms with Gasteiger partial charge in [0.2, 0.25) is 13.9 Å². The van der Waals surface area contributed by atoms with Crippen molar-refractivity contribution in [2.75, 3.05) is 0 Å². The van der Waals surface area contributed by atoms with E-state index in [1.54, 1.807) is 6.08 Å². The molecule has 0 bridgehead atoms. The van der Waals surface area contributed by atoms with Gasteiger partial charge in [-0.1, -0.05) is 19.4 Å². The predicted molar refractivity (Wildman–Crippen MR) is 37.9 cm³/mol. The number of hydrogen-bond acceptors (Lipinski definition) is 1. The monoisotopic (exact) mass is 123 g/mol. The Morgan fingerprint density at radius 2 is 2.44 bits per heavy atom. The second-order valence-electron chi connectivity index (χ2n) is 1.70. The largest absolute Gasteiger partial charge is 0.406 e. The highest BCUT2D eigenvalue weighted by atomic mass is 16.1. The lowest BCUT2D eigenvalue weighted by Gasteiger charge is -1.87. The molecule has 3 heteroatoms. The number of amides is 1. The van der Waals surface area contributed by atoms with Gasteiger partial charge in [0, 0.05) is 0 Å². The molecule has 1 amide bonds. The predicted octanol–water partition coefficient (Wildman–Crippen LogP) is 0.542. The van der Waals surface area contributed by atoms with Crippen LogP contribution in [0.2, 0.25) is 0 Å². The molecule has 2 nitrogen and oxygen atoms in total. The Bertz CT molecular complexity index is 112. The Hall–Kier alpha value is -0.725. The van der Waals surface area contributed by atoms with Gasteiger partial charge in [-0.25, -0.2) is 0 Å². The Labute approximate surface area is 56.8 Å². The molecular weight excluding hydrogens is 113 g/mol. The minimum absolute atomic E-state index is 0.247. The minimum atomic E-state index is -0.247. The zero-order valence-electron chi connectivity index (χ0n) is 5.55. The third-order valence-corrected chi connectivity index (χ3v) is 0.867. The SMILES string of the molecule is [B]NC(=O)/C=C/CCC. The summed E-state index contributed by atoms with van der Waals surface area (Å²) in [5.74, 6) is -0.247. The van der Waals surface area contributed by atoms with Crippen molar-refractivity contribution in [3.8, 4) is 0 Å². The number of rotatable bonds is 3. The third kappa shape index (κ3) is 5.14. The summed E-state index contributed by atoms with van der Waals surface area (Å²) in [7, 11) is 4.80. The lowest BCUT2D eigenvalue weighted by atomic mass is 10.3. The number of nitrogens with one attached hydrogen (secondary N) is 1. The Balaban J connectivity index is 3.32. The fraction of sp³-hybridized carbons (Fsp3) is 0.500. The summed E-state index contributed by atoms with van der Waals surface area (Å²) >= 11 is 0. The molecule has 0 spiro atoms. The number of hydrogen-bond donors (Lipinski definition) is 1. The molecule has 0 heterocycles. The average molecular weight is 123 g/mol. The van der Waals surface area contributed by atoms with Crippen LogP contribution in [0.4, 0.5) is 0 Å². The topological polar surface area (TPSA) is 29.1 Å². The molecule has 0 fully saturated rings. The molecule has 0 unspecified atom stereocenters. The van der Waals surface area contributed by atoms with Crippen LogP contribution in [0.25, 0.3) is 0 Å². The first kappa shape index (κ1) is 8.27. The first-order valence-corrected chi connectivity index (χ1v) is 2.98. The van der Waals surface area contributed by atoms with Gasteiger partial charge in [-0.15, -0.1) is 0 Å². The van der Waals surface area contributed by atoms with Crippen molar-refractivity contribution in [2.45, 2.75) is 19.8 Å². The third-order valence-electron chi connectivity index (χ3n) is 0.867. The van der Waals surface area contributed by atoms with Gasteiger partial charge in [0.1, 0.15) is 0 Å². The molecule has 0 aliphatic heterocycles. The quantitative estimate of drug-likeness (QED) is 0.430. The fourth-order valence-electron chi connectivity index (χ4n) is 0.405. The molecule has 0 rings (SSSR count). The maximum absolute atomic E-state index is 10.4. The summed E-state index contributed by atoms with van der Waals surface area (Å²) in [6, 6.07) is 0. The lowest BCUT2D eigenvalue weighted by molar-refractivity contribution is -0.114. The van der Waals surface area contributed by atoms with Crippen molar-refractivity contribution >= 4 is 13.9 Å². The summed E-state index contributed by atoms with van der Waals surface area (Å²) < 4.78 is 0. The number of carbonyl (C=O) groups excluding carboxylic acids is 1. The van der Waals surface area contributed by atoms with Gasteiger partial charge < -0.3 is 5.23 Å². The van der Waals surface area contributed by atoms with Crippen LogP contribution < -0.4 is 5.23 Å². The van der Waals surface area contributed by atoms with E-state index >= 15 is 0 Å². The summed E-state index contributed by atoms with van der Waals surface area (Å²) in [6.07, 6.45) is 5.20. The summed E-state index contributed by atoms with van der Waals surface area (Å²) in [6.45, 7) is 2.05. The molecule has 0 aromatic rings. The van der Waals surface area contributed by atoms with Crippen molar-refractivity contribution in [1.29, 1.82) is 0 Å². The van der Waals surface area contributed by atoms with Crippen LogP contribution in [0.15, 0.2) is 12.2 Å². The molecule has 9 heavy (non-hydrogen) atoms. The van der Waals surface area contributed by atoms with Gasteiger partial charge in [-0.3, -0.25) is 4.79 Å². The second kappa shape index (κ2) is 5.41. The summed E-state index contributed by atoms with van der Waals surface area (Å²) in [5, 5.41) is 2.00. The van der Waals surface area contributed by atoms with Crippen molar-refractivity contribution < 1.29 is 4.79 Å². The van der Waals surface area contributed by atoms with E-state index in [0.29, 0.717) is 0 Å². The van der Waals surface area contributed by atoms with Crippen molar-refractivity contribution in [1.82, 2.24) is 5.23 Å². The lowest BCUT2D eigenvalue weighted by Crippen LogP contribution is -2.15. The smallest absolute Gasteiger partial charge is 0.230 e. The number of unbranched alkanes of at least 4 members (excludes halogenated alkanes) is 1. The van der Waals surface area contributed by atoms with Crippen LogP contribution in [0, 0.1) is 0 Å². The Kier molecular flexibility index (Phi) is 4.98. The van der Waals surface area contributed by atoms with Crippen LogP contribution >= 0.6 is 0 Å². The standard InChI is InChI=1S/C6H10BNO/c1-2-3-4-5-6(9)8-7/h4-5H,2-3H2,1H3,(H,8,9)/b5-4+. The van der Waals surface area contributed by atoms with Crippen LogP contribution in [-0.4, -0.2) is 13.9 Å². The van der Waals surface area contributed by atoms with E-state index in [1.165, 1.54) is 6.08 Å². The first-order chi connectivity index (χ1) is 4.31. The molecule has 0 aliphatic carbocycles. The second-order valence-corrected chi connectivity index (χ2v) is 1.70. The fourth-order valence-corrected chi connectivity index (χ4v) is 0.405. The molecule has 0 saturated carbocycles. The molecular formula is C6H10BNO. The molecule has 0 atom stereocenters. The van der Waals surface area contributed by atoms with E-state index in [2.05, 4.69) is 0 Å². The van der Waals surface area contributed by atoms with E-state index in [0.717, 1.165) is 12.8 Å². The molecule has 0 aromatic heterocycles. The zero-order chi connectivity index (χ0) is 7.11. The molecule has 48 valence electrons. The Morgan fingerprint density at radius 3 is 2.89 bits per heavy atom. The molecule has 0 aromatic carbocycles. The number of carbonyl (C=O) groups is 1. The van der Waals surface area contributed by atoms with Gasteiger partial charge >= 0.3 is 0 Å². The van der Waals surface area contributed by atoms with E-state index in [4.69, 9.17) is 7.98 Å². The van der Waals surface area contributed by atoms with Crippen molar-refractivity contribution in [2.24, 2.45) is 0 Å². The molecule has 1 N–H and O–H groups in total. The van der Waals surface area contributed by atoms with Gasteiger partial charge in [0.05, 0.1) is 0 Å². The normalized spacial score (nSPS) is 9.89. The molecule has 2 radical (unpaired) electrons. The van der Waals surface area contributed by atoms with Crippen LogP contribution in [0.1, 0.15) is 19.8 Å². The van der Waals surface area contributed by atoms with E-state index in [-0.39, 0.29) is 5.91 Å². The maximum atomic E-state index is 10.4. The van der Waals surface area contributed by atoms with E-state index < -0.39 is 0 Å². The van der Waals surface area contributed by atoms with Crippen LogP contribution in [-0.2, 0) is 4.79 Å². The van der Waals surface area contributed by atoms with E-state index in [1.807, 2.05) is 12.2 Å². The number of allylic oxidation sites excluding steroid dienone is 1.